The minimum Gasteiger partial charge on any atom is -0.491 e. The summed E-state index contributed by atoms with van der Waals surface area (Å²) in [6.45, 7) is 14.0. The van der Waals surface area contributed by atoms with Crippen molar-refractivity contribution in [3.05, 3.63) is 84.1 Å². The lowest BCUT2D eigenvalue weighted by Gasteiger charge is -2.26. The molecule has 0 aromatic heterocycles. The summed E-state index contributed by atoms with van der Waals surface area (Å²) in [7, 11) is 0. The minimum absolute atomic E-state index is 0.0164. The van der Waals surface area contributed by atoms with Crippen LogP contribution in [0.2, 0.25) is 0 Å². The Labute approximate surface area is 218 Å². The van der Waals surface area contributed by atoms with E-state index in [1.165, 1.54) is 6.92 Å². The zero-order valence-corrected chi connectivity index (χ0v) is 21.9. The molecular formula is C29H36O8. The van der Waals surface area contributed by atoms with Crippen LogP contribution in [-0.4, -0.2) is 54.2 Å². The molecule has 200 valence electrons. The summed E-state index contributed by atoms with van der Waals surface area (Å²) in [6, 6.07) is 15.1. The maximum Gasteiger partial charge on any atom is 0.333 e. The normalized spacial score (nSPS) is 12.7. The number of aliphatic hydroxyl groups is 2. The van der Waals surface area contributed by atoms with Crippen LogP contribution in [0.5, 0.6) is 11.5 Å². The van der Waals surface area contributed by atoms with E-state index in [0.29, 0.717) is 11.5 Å². The van der Waals surface area contributed by atoms with Gasteiger partial charge in [0.2, 0.25) is 0 Å². The van der Waals surface area contributed by atoms with Crippen molar-refractivity contribution in [3.63, 3.8) is 0 Å². The minimum atomic E-state index is -0.990. The van der Waals surface area contributed by atoms with Crippen molar-refractivity contribution < 1.29 is 38.7 Å². The largest absolute Gasteiger partial charge is 0.491 e. The third-order valence-electron chi connectivity index (χ3n) is 5.48. The van der Waals surface area contributed by atoms with Crippen molar-refractivity contribution in [2.24, 2.45) is 0 Å². The maximum atomic E-state index is 11.6. The van der Waals surface area contributed by atoms with Gasteiger partial charge in [0.1, 0.15) is 37.4 Å². The van der Waals surface area contributed by atoms with Gasteiger partial charge in [-0.2, -0.15) is 0 Å². The average molecular weight is 513 g/mol. The van der Waals surface area contributed by atoms with Crippen LogP contribution in [-0.2, 0) is 24.5 Å². The third kappa shape index (κ3) is 9.74. The van der Waals surface area contributed by atoms with Crippen molar-refractivity contribution in [3.8, 4) is 11.5 Å². The highest BCUT2D eigenvalue weighted by atomic mass is 16.6. The first kappa shape index (κ1) is 29.6. The van der Waals surface area contributed by atoms with E-state index in [1.54, 1.807) is 6.92 Å². The topological polar surface area (TPSA) is 112 Å². The summed E-state index contributed by atoms with van der Waals surface area (Å²) in [5.74, 6) is 0.319. The fraction of sp³-hybridized carbons (Fsp3) is 0.379. The molecule has 2 unspecified atom stereocenters. The van der Waals surface area contributed by atoms with Crippen molar-refractivity contribution in [1.29, 1.82) is 0 Å². The first-order valence-electron chi connectivity index (χ1n) is 11.9. The van der Waals surface area contributed by atoms with Gasteiger partial charge in [0.05, 0.1) is 18.3 Å². The average Bonchev–Trinajstić information content (AvgIpc) is 2.84. The summed E-state index contributed by atoms with van der Waals surface area (Å²) >= 11 is 0. The first-order valence-corrected chi connectivity index (χ1v) is 11.9. The molecule has 0 aliphatic rings. The monoisotopic (exact) mass is 512 g/mol. The zero-order chi connectivity index (χ0) is 27.6. The van der Waals surface area contributed by atoms with Crippen LogP contribution in [0.25, 0.3) is 0 Å². The second-order valence-corrected chi connectivity index (χ2v) is 9.36. The fourth-order valence-electron chi connectivity index (χ4n) is 3.32. The molecule has 0 aliphatic heterocycles. The SMILES string of the molecule is C=C(C)OC(=O)CC(O)COc1ccc(C(C)(C)c2ccc(OCC(O)COC(=O)C(=C)C)cc2)cc1. The summed E-state index contributed by atoms with van der Waals surface area (Å²) in [5.41, 5.74) is 2.05. The molecule has 37 heavy (non-hydrogen) atoms. The number of carbonyl (C=O) groups excluding carboxylic acids is 2. The van der Waals surface area contributed by atoms with Crippen molar-refractivity contribution >= 4 is 11.9 Å². The fourth-order valence-corrected chi connectivity index (χ4v) is 3.32. The van der Waals surface area contributed by atoms with Crippen LogP contribution >= 0.6 is 0 Å². The molecule has 2 aromatic rings. The summed E-state index contributed by atoms with van der Waals surface area (Å²) in [5, 5.41) is 19.9. The van der Waals surface area contributed by atoms with Crippen LogP contribution in [0, 0.1) is 0 Å². The number of hydrogen-bond acceptors (Lipinski definition) is 8. The van der Waals surface area contributed by atoms with Crippen LogP contribution in [0.3, 0.4) is 0 Å². The predicted octanol–water partition coefficient (Wildman–Crippen LogP) is 4.08. The standard InChI is InChI=1S/C29H36O8/c1-19(2)28(33)36-18-24(31)17-35-26-13-9-22(10-14-26)29(5,6)21-7-11-25(12-8-21)34-16-23(30)15-27(32)37-20(3)4/h7-14,23-24,30-31H,1,3,15-18H2,2,4-6H3. The number of benzene rings is 2. The van der Waals surface area contributed by atoms with E-state index in [4.69, 9.17) is 18.9 Å². The molecule has 8 heteroatoms. The first-order chi connectivity index (χ1) is 17.4. The molecule has 0 saturated heterocycles. The van der Waals surface area contributed by atoms with Gasteiger partial charge in [0, 0.05) is 11.0 Å². The molecule has 2 rings (SSSR count). The number of esters is 2. The van der Waals surface area contributed by atoms with Crippen molar-refractivity contribution in [1.82, 2.24) is 0 Å². The van der Waals surface area contributed by atoms with Crippen LogP contribution in [0.15, 0.2) is 73.0 Å². The smallest absolute Gasteiger partial charge is 0.333 e. The van der Waals surface area contributed by atoms with Crippen LogP contribution in [0.4, 0.5) is 0 Å². The van der Waals surface area contributed by atoms with Gasteiger partial charge in [-0.1, -0.05) is 51.3 Å². The Balaban J connectivity index is 1.89. The van der Waals surface area contributed by atoms with Crippen LogP contribution in [0.1, 0.15) is 45.2 Å². The van der Waals surface area contributed by atoms with E-state index in [0.717, 1.165) is 11.1 Å². The molecular weight excluding hydrogens is 476 g/mol. The van der Waals surface area contributed by atoms with Crippen molar-refractivity contribution in [2.75, 3.05) is 19.8 Å². The van der Waals surface area contributed by atoms with E-state index >= 15 is 0 Å². The number of allylic oxidation sites excluding steroid dienone is 1. The molecule has 2 aromatic carbocycles. The molecule has 8 nitrogen and oxygen atoms in total. The number of ether oxygens (including phenoxy) is 4. The quantitative estimate of drug-likeness (QED) is 0.221. The van der Waals surface area contributed by atoms with E-state index < -0.39 is 24.1 Å². The Morgan fingerprint density at radius 1 is 0.811 bits per heavy atom. The Morgan fingerprint density at radius 2 is 1.27 bits per heavy atom. The van der Waals surface area contributed by atoms with Crippen molar-refractivity contribution in [2.45, 2.75) is 51.7 Å². The molecule has 0 heterocycles. The second kappa shape index (κ2) is 13.6. The zero-order valence-electron chi connectivity index (χ0n) is 21.9. The molecule has 0 saturated carbocycles. The van der Waals surface area contributed by atoms with E-state index in [9.17, 15) is 19.8 Å². The lowest BCUT2D eigenvalue weighted by Crippen LogP contribution is -2.25. The van der Waals surface area contributed by atoms with E-state index in [2.05, 4.69) is 27.0 Å². The third-order valence-corrected chi connectivity index (χ3v) is 5.48. The van der Waals surface area contributed by atoms with Gasteiger partial charge in [-0.05, 0) is 49.2 Å². The van der Waals surface area contributed by atoms with Crippen LogP contribution < -0.4 is 9.47 Å². The van der Waals surface area contributed by atoms with Gasteiger partial charge in [-0.15, -0.1) is 0 Å². The highest BCUT2D eigenvalue weighted by Crippen LogP contribution is 2.33. The number of hydrogen-bond donors (Lipinski definition) is 2. The molecule has 2 N–H and O–H groups in total. The van der Waals surface area contributed by atoms with Gasteiger partial charge in [-0.3, -0.25) is 4.79 Å². The molecule has 0 radical (unpaired) electrons. The van der Waals surface area contributed by atoms with Gasteiger partial charge in [-0.25, -0.2) is 4.79 Å². The summed E-state index contributed by atoms with van der Waals surface area (Å²) in [6.07, 6.45) is -2.12. The van der Waals surface area contributed by atoms with Gasteiger partial charge < -0.3 is 29.2 Å². The summed E-state index contributed by atoms with van der Waals surface area (Å²) in [4.78, 5) is 23.0. The Hall–Kier alpha value is -3.62. The molecule has 0 spiro atoms. The lowest BCUT2D eigenvalue weighted by molar-refractivity contribution is -0.143. The molecule has 2 atom stereocenters. The van der Waals surface area contributed by atoms with Gasteiger partial charge in [0.15, 0.2) is 0 Å². The predicted molar refractivity (Wildman–Crippen MR) is 139 cm³/mol. The number of rotatable bonds is 14. The Kier molecular flexibility index (Phi) is 10.9. The molecule has 0 amide bonds. The number of carbonyl (C=O) groups is 2. The molecule has 0 aliphatic carbocycles. The highest BCUT2D eigenvalue weighted by molar-refractivity contribution is 5.86. The maximum absolute atomic E-state index is 11.6. The van der Waals surface area contributed by atoms with Gasteiger partial charge in [0.25, 0.3) is 0 Å². The summed E-state index contributed by atoms with van der Waals surface area (Å²) < 4.78 is 21.0. The molecule has 0 bridgehead atoms. The second-order valence-electron chi connectivity index (χ2n) is 9.36. The number of aliphatic hydroxyl groups excluding tert-OH is 2. The molecule has 0 fully saturated rings. The van der Waals surface area contributed by atoms with Gasteiger partial charge >= 0.3 is 11.9 Å². The lowest BCUT2D eigenvalue weighted by atomic mass is 9.78. The van der Waals surface area contributed by atoms with E-state index in [1.807, 2.05) is 48.5 Å². The Bertz CT molecular complexity index is 1070. The highest BCUT2D eigenvalue weighted by Gasteiger charge is 2.23. The Morgan fingerprint density at radius 3 is 1.70 bits per heavy atom. The van der Waals surface area contributed by atoms with E-state index in [-0.39, 0.29) is 43.0 Å².